The van der Waals surface area contributed by atoms with E-state index in [0.717, 1.165) is 28.1 Å². The number of amides is 1. The summed E-state index contributed by atoms with van der Waals surface area (Å²) in [6.07, 6.45) is -0.313. The molecule has 0 atom stereocenters. The molecule has 0 unspecified atom stereocenters. The van der Waals surface area contributed by atoms with Crippen LogP contribution in [0.5, 0.6) is 5.75 Å². The molecule has 0 spiro atoms. The summed E-state index contributed by atoms with van der Waals surface area (Å²) in [5.41, 5.74) is 3.62. The summed E-state index contributed by atoms with van der Waals surface area (Å²) in [6.45, 7) is 6.09. The maximum atomic E-state index is 11.9. The number of alkyl carbamates (subject to hydrolysis) is 1. The van der Waals surface area contributed by atoms with Gasteiger partial charge in [-0.15, -0.1) is 0 Å². The molecule has 1 aromatic heterocycles. The number of aromatic nitrogens is 1. The molecular formula is C27H30N2O5. The summed E-state index contributed by atoms with van der Waals surface area (Å²) in [4.78, 5) is 28.3. The van der Waals surface area contributed by atoms with E-state index < -0.39 is 11.7 Å². The van der Waals surface area contributed by atoms with Crippen LogP contribution in [0.2, 0.25) is 0 Å². The normalized spacial score (nSPS) is 10.9. The van der Waals surface area contributed by atoms with Gasteiger partial charge in [0.25, 0.3) is 0 Å². The Labute approximate surface area is 200 Å². The fourth-order valence-electron chi connectivity index (χ4n) is 3.22. The molecule has 0 radical (unpaired) electrons. The van der Waals surface area contributed by atoms with E-state index in [4.69, 9.17) is 19.2 Å². The number of rotatable bonds is 8. The third-order valence-electron chi connectivity index (χ3n) is 4.78. The number of para-hydroxylation sites is 1. The van der Waals surface area contributed by atoms with E-state index >= 15 is 0 Å². The minimum absolute atomic E-state index is 0.143. The molecule has 0 bridgehead atoms. The predicted octanol–water partition coefficient (Wildman–Crippen LogP) is 5.07. The molecule has 1 amide bonds. The third-order valence-corrected chi connectivity index (χ3v) is 4.78. The van der Waals surface area contributed by atoms with Gasteiger partial charge in [-0.2, -0.15) is 0 Å². The molecule has 0 fully saturated rings. The number of carbonyl (C=O) groups is 2. The highest BCUT2D eigenvalue weighted by atomic mass is 16.6. The Bertz CT molecular complexity index is 1140. The summed E-state index contributed by atoms with van der Waals surface area (Å²) < 4.78 is 16.0. The Kier molecular flexibility index (Phi) is 8.24. The predicted molar refractivity (Wildman–Crippen MR) is 129 cm³/mol. The highest BCUT2D eigenvalue weighted by Crippen LogP contribution is 2.22. The van der Waals surface area contributed by atoms with Crippen LogP contribution in [0.4, 0.5) is 4.79 Å². The number of nitrogens with one attached hydrogen (secondary N) is 1. The van der Waals surface area contributed by atoms with E-state index in [2.05, 4.69) is 5.32 Å². The van der Waals surface area contributed by atoms with Crippen molar-refractivity contribution in [2.75, 3.05) is 7.11 Å². The first-order chi connectivity index (χ1) is 16.2. The molecule has 1 heterocycles. The second-order valence-corrected chi connectivity index (χ2v) is 8.72. The van der Waals surface area contributed by atoms with Gasteiger partial charge < -0.3 is 19.5 Å². The number of benzene rings is 2. The zero-order valence-electron chi connectivity index (χ0n) is 20.0. The van der Waals surface area contributed by atoms with Gasteiger partial charge in [0.15, 0.2) is 0 Å². The van der Waals surface area contributed by atoms with Gasteiger partial charge in [-0.05, 0) is 50.6 Å². The first kappa shape index (κ1) is 24.8. The Hall–Kier alpha value is -3.87. The van der Waals surface area contributed by atoms with Crippen LogP contribution >= 0.6 is 0 Å². The van der Waals surface area contributed by atoms with Gasteiger partial charge in [-0.3, -0.25) is 4.79 Å². The summed E-state index contributed by atoms with van der Waals surface area (Å²) in [7, 11) is 1.36. The van der Waals surface area contributed by atoms with Crippen molar-refractivity contribution < 1.29 is 23.8 Å². The molecule has 0 saturated heterocycles. The van der Waals surface area contributed by atoms with Crippen molar-refractivity contribution in [2.24, 2.45) is 0 Å². The van der Waals surface area contributed by atoms with Crippen molar-refractivity contribution in [3.05, 3.63) is 83.6 Å². The minimum Gasteiger partial charge on any atom is -0.487 e. The third kappa shape index (κ3) is 7.62. The number of carbonyl (C=O) groups excluding carboxylic acids is 2. The number of hydrogen-bond acceptors (Lipinski definition) is 6. The number of pyridine rings is 1. The van der Waals surface area contributed by atoms with Gasteiger partial charge in [0, 0.05) is 17.7 Å². The van der Waals surface area contributed by atoms with Crippen LogP contribution < -0.4 is 10.1 Å². The molecule has 1 N–H and O–H groups in total. The number of esters is 1. The van der Waals surface area contributed by atoms with Crippen LogP contribution in [0, 0.1) is 0 Å². The van der Waals surface area contributed by atoms with Gasteiger partial charge in [0.1, 0.15) is 18.0 Å². The highest BCUT2D eigenvalue weighted by Gasteiger charge is 2.16. The van der Waals surface area contributed by atoms with E-state index in [9.17, 15) is 9.59 Å². The van der Waals surface area contributed by atoms with Crippen LogP contribution in [0.25, 0.3) is 11.3 Å². The second kappa shape index (κ2) is 11.3. The highest BCUT2D eigenvalue weighted by molar-refractivity contribution is 5.73. The van der Waals surface area contributed by atoms with Crippen LogP contribution in [0.15, 0.2) is 66.7 Å². The lowest BCUT2D eigenvalue weighted by molar-refractivity contribution is -0.139. The lowest BCUT2D eigenvalue weighted by Gasteiger charge is -2.19. The molecule has 2 aromatic carbocycles. The van der Waals surface area contributed by atoms with Crippen LogP contribution in [-0.4, -0.2) is 29.8 Å². The van der Waals surface area contributed by atoms with Crippen LogP contribution in [-0.2, 0) is 33.8 Å². The standard InChI is InChI=1S/C27H30N2O5/c1-27(2,3)34-26(31)28-17-19-9-7-11-20(15-19)23-13-8-12-22(29-23)18-33-24-14-6-5-10-21(24)16-25(30)32-4/h5-15H,16-18H2,1-4H3,(H,28,31). The average molecular weight is 463 g/mol. The number of nitrogens with zero attached hydrogens (tertiary/aromatic N) is 1. The Balaban J connectivity index is 1.67. The van der Waals surface area contributed by atoms with Crippen LogP contribution in [0.1, 0.15) is 37.6 Å². The Morgan fingerprint density at radius 1 is 0.971 bits per heavy atom. The molecule has 0 aliphatic rings. The quantitative estimate of drug-likeness (QED) is 0.471. The lowest BCUT2D eigenvalue weighted by Crippen LogP contribution is -2.32. The smallest absolute Gasteiger partial charge is 0.407 e. The SMILES string of the molecule is COC(=O)Cc1ccccc1OCc1cccc(-c2cccc(CNC(=O)OC(C)(C)C)c2)n1. The topological polar surface area (TPSA) is 86.8 Å². The summed E-state index contributed by atoms with van der Waals surface area (Å²) in [6, 6.07) is 20.9. The summed E-state index contributed by atoms with van der Waals surface area (Å²) in [5, 5.41) is 2.77. The molecule has 7 nitrogen and oxygen atoms in total. The van der Waals surface area contributed by atoms with E-state index in [1.54, 1.807) is 0 Å². The molecule has 3 rings (SSSR count). The molecule has 0 aliphatic carbocycles. The maximum absolute atomic E-state index is 11.9. The zero-order chi connectivity index (χ0) is 24.6. The van der Waals surface area contributed by atoms with Gasteiger partial charge in [0.05, 0.1) is 24.9 Å². The molecule has 178 valence electrons. The summed E-state index contributed by atoms with van der Waals surface area (Å²) >= 11 is 0. The van der Waals surface area contributed by atoms with Crippen LogP contribution in [0.3, 0.4) is 0 Å². The first-order valence-electron chi connectivity index (χ1n) is 11.0. The van der Waals surface area contributed by atoms with Crippen molar-refractivity contribution in [3.63, 3.8) is 0 Å². The molecule has 34 heavy (non-hydrogen) atoms. The number of methoxy groups -OCH3 is 1. The Morgan fingerprint density at radius 2 is 1.74 bits per heavy atom. The van der Waals surface area contributed by atoms with Crippen molar-refractivity contribution in [1.29, 1.82) is 0 Å². The molecule has 7 heteroatoms. The van der Waals surface area contributed by atoms with Gasteiger partial charge in [-0.1, -0.05) is 42.5 Å². The molecular weight excluding hydrogens is 432 g/mol. The largest absolute Gasteiger partial charge is 0.487 e. The Morgan fingerprint density at radius 3 is 2.50 bits per heavy atom. The monoisotopic (exact) mass is 462 g/mol. The van der Waals surface area contributed by atoms with E-state index in [1.165, 1.54) is 7.11 Å². The average Bonchev–Trinajstić information content (AvgIpc) is 2.81. The lowest BCUT2D eigenvalue weighted by atomic mass is 10.1. The van der Waals surface area contributed by atoms with Crippen molar-refractivity contribution >= 4 is 12.1 Å². The molecule has 3 aromatic rings. The van der Waals surface area contributed by atoms with E-state index in [-0.39, 0.29) is 19.0 Å². The van der Waals surface area contributed by atoms with E-state index in [0.29, 0.717) is 12.3 Å². The molecule has 0 aliphatic heterocycles. The number of ether oxygens (including phenoxy) is 3. The van der Waals surface area contributed by atoms with Crippen molar-refractivity contribution in [2.45, 2.75) is 45.9 Å². The van der Waals surface area contributed by atoms with E-state index in [1.807, 2.05) is 87.5 Å². The fraction of sp³-hybridized carbons (Fsp3) is 0.296. The van der Waals surface area contributed by atoms with Gasteiger partial charge in [0.2, 0.25) is 0 Å². The zero-order valence-corrected chi connectivity index (χ0v) is 20.0. The fourth-order valence-corrected chi connectivity index (χ4v) is 3.22. The van der Waals surface area contributed by atoms with Gasteiger partial charge >= 0.3 is 12.1 Å². The van der Waals surface area contributed by atoms with Crippen molar-refractivity contribution in [1.82, 2.24) is 10.3 Å². The maximum Gasteiger partial charge on any atom is 0.407 e. The number of hydrogen-bond donors (Lipinski definition) is 1. The molecule has 0 saturated carbocycles. The minimum atomic E-state index is -0.543. The van der Waals surface area contributed by atoms with Gasteiger partial charge in [-0.25, -0.2) is 9.78 Å². The summed E-state index contributed by atoms with van der Waals surface area (Å²) in [5.74, 6) is 0.299. The first-order valence-corrected chi connectivity index (χ1v) is 11.0. The van der Waals surface area contributed by atoms with Crippen molar-refractivity contribution in [3.8, 4) is 17.0 Å². The second-order valence-electron chi connectivity index (χ2n) is 8.72.